The summed E-state index contributed by atoms with van der Waals surface area (Å²) in [5.41, 5.74) is 8.42. The second-order valence-corrected chi connectivity index (χ2v) is 6.59. The summed E-state index contributed by atoms with van der Waals surface area (Å²) in [4.78, 5) is 26.7. The Kier molecular flexibility index (Phi) is 4.94. The fourth-order valence-electron chi connectivity index (χ4n) is 3.47. The van der Waals surface area contributed by atoms with E-state index < -0.39 is 0 Å². The van der Waals surface area contributed by atoms with E-state index in [-0.39, 0.29) is 23.3 Å². The van der Waals surface area contributed by atoms with Gasteiger partial charge in [0.2, 0.25) is 0 Å². The highest BCUT2D eigenvalue weighted by Gasteiger charge is 2.33. The van der Waals surface area contributed by atoms with E-state index in [0.717, 1.165) is 17.0 Å². The van der Waals surface area contributed by atoms with Gasteiger partial charge in [0, 0.05) is 25.2 Å². The lowest BCUT2D eigenvalue weighted by atomic mass is 9.90. The van der Waals surface area contributed by atoms with Crippen LogP contribution in [-0.2, 0) is 6.54 Å². The monoisotopic (exact) mass is 379 g/mol. The third-order valence-electron chi connectivity index (χ3n) is 4.74. The molecule has 1 unspecified atom stereocenters. The molecular formula is C20H21N5O3. The Bertz CT molecular complexity index is 987. The molecule has 8 nitrogen and oxygen atoms in total. The van der Waals surface area contributed by atoms with Crippen LogP contribution < -0.4 is 10.5 Å². The lowest BCUT2D eigenvalue weighted by Gasteiger charge is -2.32. The number of aromatic hydroxyl groups is 1. The van der Waals surface area contributed by atoms with Gasteiger partial charge >= 0.3 is 0 Å². The predicted molar refractivity (Wildman–Crippen MR) is 102 cm³/mol. The summed E-state index contributed by atoms with van der Waals surface area (Å²) in [7, 11) is 0. The van der Waals surface area contributed by atoms with Gasteiger partial charge in [0.05, 0.1) is 24.3 Å². The number of hydrogen-bond donors (Lipinski definition) is 3. The van der Waals surface area contributed by atoms with E-state index in [1.807, 2.05) is 6.07 Å². The van der Waals surface area contributed by atoms with E-state index in [1.165, 1.54) is 0 Å². The Morgan fingerprint density at radius 2 is 2.21 bits per heavy atom. The third-order valence-corrected chi connectivity index (χ3v) is 4.74. The summed E-state index contributed by atoms with van der Waals surface area (Å²) in [6.07, 6.45) is 3.20. The molecule has 2 aromatic heterocycles. The number of pyridine rings is 1. The molecular weight excluding hydrogens is 358 g/mol. The number of benzene rings is 1. The van der Waals surface area contributed by atoms with Crippen LogP contribution in [0.15, 0.2) is 48.9 Å². The Morgan fingerprint density at radius 3 is 3.04 bits per heavy atom. The summed E-state index contributed by atoms with van der Waals surface area (Å²) in [6, 6.07) is 10.5. The largest absolute Gasteiger partial charge is 0.508 e. The van der Waals surface area contributed by atoms with Gasteiger partial charge in [-0.05, 0) is 29.8 Å². The van der Waals surface area contributed by atoms with Gasteiger partial charge in [-0.3, -0.25) is 4.79 Å². The number of imidazole rings is 1. The highest BCUT2D eigenvalue weighted by Crippen LogP contribution is 2.33. The predicted octanol–water partition coefficient (Wildman–Crippen LogP) is 1.64. The number of rotatable bonds is 5. The fraction of sp³-hybridized carbons (Fsp3) is 0.250. The van der Waals surface area contributed by atoms with Crippen molar-refractivity contribution >= 4 is 5.91 Å². The average molecular weight is 379 g/mol. The van der Waals surface area contributed by atoms with Crippen molar-refractivity contribution in [2.75, 3.05) is 19.7 Å². The van der Waals surface area contributed by atoms with Crippen LogP contribution in [0.3, 0.4) is 0 Å². The summed E-state index contributed by atoms with van der Waals surface area (Å²) >= 11 is 0. The van der Waals surface area contributed by atoms with Gasteiger partial charge < -0.3 is 25.5 Å². The van der Waals surface area contributed by atoms with Crippen molar-refractivity contribution in [2.45, 2.75) is 12.5 Å². The van der Waals surface area contributed by atoms with E-state index in [1.54, 1.807) is 47.8 Å². The SMILES string of the molecule is NCCOc1cccnc1C(=O)N1Cc2[nH]cnc2C(c2cccc(O)c2)C1. The number of aromatic amines is 1. The molecule has 1 aromatic carbocycles. The quantitative estimate of drug-likeness (QED) is 0.620. The molecule has 1 aliphatic rings. The van der Waals surface area contributed by atoms with E-state index in [9.17, 15) is 9.90 Å². The number of ether oxygens (including phenoxy) is 1. The number of nitrogens with two attached hydrogens (primary N) is 1. The molecule has 0 aliphatic carbocycles. The fourth-order valence-corrected chi connectivity index (χ4v) is 3.47. The van der Waals surface area contributed by atoms with Crippen LogP contribution in [-0.4, -0.2) is 50.6 Å². The number of fused-ring (bicyclic) bond motifs is 1. The van der Waals surface area contributed by atoms with Gasteiger partial charge in [-0.15, -0.1) is 0 Å². The van der Waals surface area contributed by atoms with E-state index in [4.69, 9.17) is 10.5 Å². The van der Waals surface area contributed by atoms with E-state index >= 15 is 0 Å². The van der Waals surface area contributed by atoms with Gasteiger partial charge in [0.15, 0.2) is 11.4 Å². The van der Waals surface area contributed by atoms with Crippen LogP contribution in [0, 0.1) is 0 Å². The normalized spacial score (nSPS) is 15.9. The van der Waals surface area contributed by atoms with Crippen LogP contribution in [0.2, 0.25) is 0 Å². The standard InChI is InChI=1S/C20H21N5O3/c21-6-8-28-17-5-2-7-22-19(17)20(27)25-10-15(13-3-1-4-14(26)9-13)18-16(11-25)23-12-24-18/h1-5,7,9,12,15,26H,6,8,10-11,21H2,(H,23,24). The topological polar surface area (TPSA) is 117 Å². The smallest absolute Gasteiger partial charge is 0.276 e. The number of H-pyrrole nitrogens is 1. The number of nitrogens with one attached hydrogen (secondary N) is 1. The zero-order chi connectivity index (χ0) is 19.5. The van der Waals surface area contributed by atoms with Crippen LogP contribution >= 0.6 is 0 Å². The number of nitrogens with zero attached hydrogens (tertiary/aromatic N) is 3. The van der Waals surface area contributed by atoms with Gasteiger partial charge in [-0.2, -0.15) is 0 Å². The minimum atomic E-state index is -0.224. The van der Waals surface area contributed by atoms with E-state index in [2.05, 4.69) is 15.0 Å². The van der Waals surface area contributed by atoms with Crippen molar-refractivity contribution in [2.24, 2.45) is 5.73 Å². The maximum atomic E-state index is 13.2. The Hall–Kier alpha value is -3.39. The number of phenolic OH excluding ortho intramolecular Hbond substituents is 1. The summed E-state index contributed by atoms with van der Waals surface area (Å²) < 4.78 is 5.59. The minimum Gasteiger partial charge on any atom is -0.508 e. The van der Waals surface area contributed by atoms with Crippen molar-refractivity contribution in [3.8, 4) is 11.5 Å². The van der Waals surface area contributed by atoms with E-state index in [0.29, 0.717) is 32.0 Å². The highest BCUT2D eigenvalue weighted by molar-refractivity contribution is 5.95. The highest BCUT2D eigenvalue weighted by atomic mass is 16.5. The molecule has 1 atom stereocenters. The first-order valence-corrected chi connectivity index (χ1v) is 9.05. The van der Waals surface area contributed by atoms with Gasteiger partial charge in [-0.25, -0.2) is 9.97 Å². The number of carbonyl (C=O) groups excluding carboxylic acids is 1. The first-order valence-electron chi connectivity index (χ1n) is 9.05. The van der Waals surface area contributed by atoms with Crippen LogP contribution in [0.1, 0.15) is 33.4 Å². The number of hydrogen-bond acceptors (Lipinski definition) is 6. The minimum absolute atomic E-state index is 0.150. The number of carbonyl (C=O) groups is 1. The van der Waals surface area contributed by atoms with Crippen molar-refractivity contribution in [3.63, 3.8) is 0 Å². The molecule has 0 saturated carbocycles. The molecule has 1 aliphatic heterocycles. The molecule has 0 bridgehead atoms. The molecule has 0 radical (unpaired) electrons. The molecule has 144 valence electrons. The van der Waals surface area contributed by atoms with Crippen molar-refractivity contribution in [1.29, 1.82) is 0 Å². The molecule has 4 rings (SSSR count). The average Bonchev–Trinajstić information content (AvgIpc) is 3.20. The Balaban J connectivity index is 1.66. The van der Waals surface area contributed by atoms with Gasteiger partial charge in [0.1, 0.15) is 12.4 Å². The molecule has 3 aromatic rings. The Labute approximate surface area is 162 Å². The second kappa shape index (κ2) is 7.69. The van der Waals surface area contributed by atoms with Crippen LogP contribution in [0.25, 0.3) is 0 Å². The van der Waals surface area contributed by atoms with Crippen LogP contribution in [0.4, 0.5) is 0 Å². The molecule has 0 fully saturated rings. The molecule has 0 spiro atoms. The third kappa shape index (κ3) is 3.41. The maximum Gasteiger partial charge on any atom is 0.276 e. The molecule has 28 heavy (non-hydrogen) atoms. The first-order chi connectivity index (χ1) is 13.7. The zero-order valence-electron chi connectivity index (χ0n) is 15.2. The number of phenols is 1. The molecule has 0 saturated heterocycles. The molecule has 1 amide bonds. The zero-order valence-corrected chi connectivity index (χ0v) is 15.2. The molecule has 8 heteroatoms. The first kappa shape index (κ1) is 18.0. The number of aromatic nitrogens is 3. The van der Waals surface area contributed by atoms with Crippen molar-refractivity contribution in [3.05, 3.63) is 71.6 Å². The summed E-state index contributed by atoms with van der Waals surface area (Å²) in [5, 5.41) is 9.87. The molecule has 4 N–H and O–H groups in total. The maximum absolute atomic E-state index is 13.2. The Morgan fingerprint density at radius 1 is 1.32 bits per heavy atom. The number of amides is 1. The van der Waals surface area contributed by atoms with Crippen molar-refractivity contribution < 1.29 is 14.6 Å². The van der Waals surface area contributed by atoms with Gasteiger partial charge in [-0.1, -0.05) is 12.1 Å². The molecule has 3 heterocycles. The van der Waals surface area contributed by atoms with Crippen molar-refractivity contribution in [1.82, 2.24) is 19.9 Å². The summed E-state index contributed by atoms with van der Waals surface area (Å²) in [5.74, 6) is 0.226. The van der Waals surface area contributed by atoms with Gasteiger partial charge in [0.25, 0.3) is 5.91 Å². The summed E-state index contributed by atoms with van der Waals surface area (Å²) in [6.45, 7) is 1.48. The lowest BCUT2D eigenvalue weighted by Crippen LogP contribution is -2.39. The van der Waals surface area contributed by atoms with Crippen LogP contribution in [0.5, 0.6) is 11.5 Å². The lowest BCUT2D eigenvalue weighted by molar-refractivity contribution is 0.0711. The second-order valence-electron chi connectivity index (χ2n) is 6.59.